The first-order chi connectivity index (χ1) is 6.39. The maximum absolute atomic E-state index is 10.4. The minimum Gasteiger partial charge on any atom is -0.566 e. The molecule has 15 heavy (non-hydrogen) atoms. The SMILES string of the molecule is C[N+](C)(C)c1cccc(OC(=N)[O-])c1.I. The molecular weight excluding hydrogens is 307 g/mol. The van der Waals surface area contributed by atoms with Crippen molar-refractivity contribution in [2.45, 2.75) is 0 Å². The zero-order chi connectivity index (χ0) is 10.8. The Morgan fingerprint density at radius 2 is 1.93 bits per heavy atom. The van der Waals surface area contributed by atoms with Crippen LogP contribution in [-0.2, 0) is 0 Å². The van der Waals surface area contributed by atoms with Crippen LogP contribution in [0, 0.1) is 5.41 Å². The average Bonchev–Trinajstić information content (AvgIpc) is 2.01. The van der Waals surface area contributed by atoms with Gasteiger partial charge in [0, 0.05) is 11.8 Å². The zero-order valence-corrected chi connectivity index (χ0v) is 11.3. The summed E-state index contributed by atoms with van der Waals surface area (Å²) in [6.45, 7) is 0. The molecule has 1 N–H and O–H groups in total. The van der Waals surface area contributed by atoms with E-state index in [9.17, 15) is 5.11 Å². The largest absolute Gasteiger partial charge is 0.566 e. The zero-order valence-electron chi connectivity index (χ0n) is 8.98. The lowest BCUT2D eigenvalue weighted by Gasteiger charge is -2.24. The van der Waals surface area contributed by atoms with Crippen LogP contribution in [0.4, 0.5) is 5.69 Å². The van der Waals surface area contributed by atoms with Crippen LogP contribution in [0.5, 0.6) is 5.75 Å². The molecule has 0 saturated heterocycles. The van der Waals surface area contributed by atoms with Gasteiger partial charge in [0.15, 0.2) is 0 Å². The second kappa shape index (κ2) is 5.32. The Kier molecular flexibility index (Phi) is 5.02. The Labute approximate surface area is 107 Å². The number of ether oxygens (including phenoxy) is 1. The number of nitrogens with one attached hydrogen (secondary N) is 1. The van der Waals surface area contributed by atoms with Crippen LogP contribution in [-0.4, -0.2) is 27.2 Å². The summed E-state index contributed by atoms with van der Waals surface area (Å²) in [7, 11) is 6.05. The average molecular weight is 322 g/mol. The van der Waals surface area contributed by atoms with Crippen molar-refractivity contribution in [3.8, 4) is 5.75 Å². The molecule has 0 atom stereocenters. The van der Waals surface area contributed by atoms with Crippen LogP contribution in [0.25, 0.3) is 0 Å². The molecule has 5 heteroatoms. The Hall–Kier alpha value is -0.820. The highest BCUT2D eigenvalue weighted by Gasteiger charge is 2.10. The molecule has 0 aromatic heterocycles. The summed E-state index contributed by atoms with van der Waals surface area (Å²) in [5.74, 6) is 0.413. The number of quaternary nitrogens is 1. The molecule has 1 rings (SSSR count). The molecule has 0 heterocycles. The van der Waals surface area contributed by atoms with Crippen LogP contribution in [0.3, 0.4) is 0 Å². The van der Waals surface area contributed by atoms with Crippen molar-refractivity contribution in [2.75, 3.05) is 21.1 Å². The van der Waals surface area contributed by atoms with E-state index in [4.69, 9.17) is 5.41 Å². The van der Waals surface area contributed by atoms with E-state index in [0.717, 1.165) is 5.69 Å². The number of rotatable bonds is 2. The molecule has 0 fully saturated rings. The van der Waals surface area contributed by atoms with Gasteiger partial charge >= 0.3 is 0 Å². The molecule has 0 amide bonds. The van der Waals surface area contributed by atoms with Gasteiger partial charge in [0.1, 0.15) is 11.8 Å². The van der Waals surface area contributed by atoms with E-state index in [1.165, 1.54) is 0 Å². The van der Waals surface area contributed by atoms with Crippen LogP contribution in [0.2, 0.25) is 0 Å². The van der Waals surface area contributed by atoms with Gasteiger partial charge in [0.2, 0.25) is 0 Å². The number of benzene rings is 1. The molecule has 0 saturated carbocycles. The Morgan fingerprint density at radius 3 is 2.40 bits per heavy atom. The van der Waals surface area contributed by atoms with E-state index in [2.05, 4.69) is 4.74 Å². The van der Waals surface area contributed by atoms with Crippen molar-refractivity contribution in [3.63, 3.8) is 0 Å². The van der Waals surface area contributed by atoms with E-state index in [1.54, 1.807) is 18.2 Å². The summed E-state index contributed by atoms with van der Waals surface area (Å²) >= 11 is 0. The van der Waals surface area contributed by atoms with Gasteiger partial charge in [-0.05, 0) is 12.1 Å². The maximum atomic E-state index is 10.4. The molecular formula is C10H15IN2O2. The Morgan fingerprint density at radius 1 is 1.33 bits per heavy atom. The normalized spacial score (nSPS) is 10.3. The van der Waals surface area contributed by atoms with Gasteiger partial charge in [-0.1, -0.05) is 6.07 Å². The molecule has 0 unspecified atom stereocenters. The van der Waals surface area contributed by atoms with Crippen LogP contribution < -0.4 is 14.3 Å². The highest BCUT2D eigenvalue weighted by atomic mass is 127. The minimum absolute atomic E-state index is 0. The smallest absolute Gasteiger partial charge is 0.147 e. The number of nitrogens with zero attached hydrogens (tertiary/aromatic N) is 1. The Balaban J connectivity index is 0.00000196. The molecule has 1 aromatic carbocycles. The summed E-state index contributed by atoms with van der Waals surface area (Å²) in [6.07, 6.45) is -1.04. The fourth-order valence-electron chi connectivity index (χ4n) is 1.07. The van der Waals surface area contributed by atoms with Gasteiger partial charge in [-0.3, -0.25) is 9.89 Å². The monoisotopic (exact) mass is 322 g/mol. The highest BCUT2D eigenvalue weighted by Crippen LogP contribution is 2.22. The predicted octanol–water partition coefficient (Wildman–Crippen LogP) is 1.18. The first kappa shape index (κ1) is 14.2. The molecule has 0 spiro atoms. The van der Waals surface area contributed by atoms with Gasteiger partial charge < -0.3 is 9.84 Å². The first-order valence-electron chi connectivity index (χ1n) is 4.25. The lowest BCUT2D eigenvalue weighted by atomic mass is 10.2. The fourth-order valence-corrected chi connectivity index (χ4v) is 1.07. The van der Waals surface area contributed by atoms with Gasteiger partial charge in [0.25, 0.3) is 0 Å². The molecule has 0 aliphatic heterocycles. The van der Waals surface area contributed by atoms with Crippen molar-refractivity contribution in [1.82, 2.24) is 4.48 Å². The lowest BCUT2D eigenvalue weighted by Crippen LogP contribution is -2.34. The molecule has 0 aliphatic rings. The van der Waals surface area contributed by atoms with E-state index in [1.807, 2.05) is 27.2 Å². The quantitative estimate of drug-likeness (QED) is 0.385. The number of halogens is 1. The lowest BCUT2D eigenvalue weighted by molar-refractivity contribution is -0.241. The maximum Gasteiger partial charge on any atom is 0.147 e. The third-order valence-electron chi connectivity index (χ3n) is 1.80. The second-order valence-electron chi connectivity index (χ2n) is 3.90. The molecule has 0 radical (unpaired) electrons. The number of hydrogen-bond acceptors (Lipinski definition) is 3. The summed E-state index contributed by atoms with van der Waals surface area (Å²) in [5, 5.41) is 17.1. The second-order valence-corrected chi connectivity index (χ2v) is 3.90. The highest BCUT2D eigenvalue weighted by molar-refractivity contribution is 14.0. The van der Waals surface area contributed by atoms with Gasteiger partial charge in [-0.2, -0.15) is 0 Å². The summed E-state index contributed by atoms with van der Waals surface area (Å²) in [4.78, 5) is 0. The minimum atomic E-state index is -1.04. The molecule has 4 nitrogen and oxygen atoms in total. The third kappa shape index (κ3) is 4.48. The van der Waals surface area contributed by atoms with E-state index in [-0.39, 0.29) is 24.0 Å². The number of hydrogen-bond donors (Lipinski definition) is 1. The molecule has 0 bridgehead atoms. The van der Waals surface area contributed by atoms with Crippen molar-refractivity contribution >= 4 is 35.7 Å². The van der Waals surface area contributed by atoms with E-state index < -0.39 is 6.08 Å². The van der Waals surface area contributed by atoms with E-state index >= 15 is 0 Å². The predicted molar refractivity (Wildman–Crippen MR) is 69.8 cm³/mol. The Bertz CT molecular complexity index is 348. The van der Waals surface area contributed by atoms with Crippen LogP contribution in [0.1, 0.15) is 0 Å². The van der Waals surface area contributed by atoms with Gasteiger partial charge in [-0.25, -0.2) is 0 Å². The van der Waals surface area contributed by atoms with Crippen molar-refractivity contribution < 1.29 is 9.84 Å². The van der Waals surface area contributed by atoms with Crippen molar-refractivity contribution in [3.05, 3.63) is 24.3 Å². The topological polar surface area (TPSA) is 56.1 Å². The summed E-state index contributed by atoms with van der Waals surface area (Å²) in [6, 6.07) is 7.16. The van der Waals surface area contributed by atoms with Crippen LogP contribution in [0.15, 0.2) is 24.3 Å². The summed E-state index contributed by atoms with van der Waals surface area (Å²) in [5.41, 5.74) is 1.02. The first-order valence-corrected chi connectivity index (χ1v) is 4.25. The van der Waals surface area contributed by atoms with Gasteiger partial charge in [-0.15, -0.1) is 24.0 Å². The van der Waals surface area contributed by atoms with Crippen molar-refractivity contribution in [2.24, 2.45) is 0 Å². The van der Waals surface area contributed by atoms with Crippen LogP contribution >= 0.6 is 24.0 Å². The molecule has 0 aliphatic carbocycles. The third-order valence-corrected chi connectivity index (χ3v) is 1.80. The standard InChI is InChI=1S/C10H14N2O2.HI/c1-12(2,3)8-5-4-6-9(7-8)14-10(11)13;/h4-7H,1-3H3,(H-,11,13);1H. The van der Waals surface area contributed by atoms with Gasteiger partial charge in [0.05, 0.1) is 21.1 Å². The van der Waals surface area contributed by atoms with E-state index in [0.29, 0.717) is 10.2 Å². The molecule has 1 aromatic rings. The molecule has 84 valence electrons. The fraction of sp³-hybridized carbons (Fsp3) is 0.300. The van der Waals surface area contributed by atoms with Crippen molar-refractivity contribution in [1.29, 1.82) is 5.41 Å². The summed E-state index contributed by atoms with van der Waals surface area (Å²) < 4.78 is 5.31.